The molecule has 0 spiro atoms. The number of amides is 1. The smallest absolute Gasteiger partial charge is 0.444 e. The fourth-order valence-corrected chi connectivity index (χ4v) is 2.38. The third-order valence-electron chi connectivity index (χ3n) is 3.55. The van der Waals surface area contributed by atoms with Crippen molar-refractivity contribution >= 4 is 6.09 Å². The zero-order chi connectivity index (χ0) is 16.0. The van der Waals surface area contributed by atoms with Crippen LogP contribution >= 0.6 is 0 Å². The second-order valence-electron chi connectivity index (χ2n) is 5.27. The first-order valence-corrected chi connectivity index (χ1v) is 7.25. The third-order valence-corrected chi connectivity index (χ3v) is 3.55. The number of halogens is 3. The van der Waals surface area contributed by atoms with E-state index in [2.05, 4.69) is 5.32 Å². The molecule has 1 aromatic rings. The van der Waals surface area contributed by atoms with Crippen LogP contribution in [-0.4, -0.2) is 36.4 Å². The first-order valence-electron chi connectivity index (χ1n) is 7.25. The maximum absolute atomic E-state index is 13.0. The minimum Gasteiger partial charge on any atom is -0.444 e. The summed E-state index contributed by atoms with van der Waals surface area (Å²) < 4.78 is 43.9. The Morgan fingerprint density at radius 1 is 1.27 bits per heavy atom. The van der Waals surface area contributed by atoms with Crippen LogP contribution in [0.15, 0.2) is 30.3 Å². The molecule has 1 fully saturated rings. The second-order valence-corrected chi connectivity index (χ2v) is 5.27. The number of rotatable bonds is 4. The van der Waals surface area contributed by atoms with Gasteiger partial charge in [0.25, 0.3) is 0 Å². The van der Waals surface area contributed by atoms with Gasteiger partial charge in [-0.05, 0) is 24.9 Å². The van der Waals surface area contributed by atoms with Crippen LogP contribution in [-0.2, 0) is 11.3 Å². The number of carbonyl (C=O) groups excluding carboxylic acids is 1. The molecule has 2 rings (SSSR count). The van der Waals surface area contributed by atoms with Crippen molar-refractivity contribution in [2.75, 3.05) is 13.1 Å². The van der Waals surface area contributed by atoms with Crippen molar-refractivity contribution in [1.82, 2.24) is 10.2 Å². The molecule has 0 bridgehead atoms. The number of hydrogen-bond donors (Lipinski definition) is 1. The minimum atomic E-state index is -4.74. The fourth-order valence-electron chi connectivity index (χ4n) is 2.38. The minimum absolute atomic E-state index is 0.154. The van der Waals surface area contributed by atoms with E-state index in [9.17, 15) is 18.0 Å². The summed E-state index contributed by atoms with van der Waals surface area (Å²) in [6.07, 6.45) is -3.67. The molecule has 0 aliphatic carbocycles. The summed E-state index contributed by atoms with van der Waals surface area (Å²) in [5.74, 6) is 0. The Morgan fingerprint density at radius 3 is 2.59 bits per heavy atom. The predicted molar refractivity (Wildman–Crippen MR) is 75.0 cm³/mol. The number of piperidine rings is 1. The molecule has 4 nitrogen and oxygen atoms in total. The van der Waals surface area contributed by atoms with Gasteiger partial charge in [0.15, 0.2) is 0 Å². The molecule has 22 heavy (non-hydrogen) atoms. The molecular formula is C15H19F3N2O2. The van der Waals surface area contributed by atoms with Crippen LogP contribution in [0, 0.1) is 0 Å². The van der Waals surface area contributed by atoms with Gasteiger partial charge in [-0.25, -0.2) is 9.69 Å². The first-order chi connectivity index (χ1) is 10.5. The molecule has 122 valence electrons. The van der Waals surface area contributed by atoms with Crippen LogP contribution in [0.1, 0.15) is 24.8 Å². The first kappa shape index (κ1) is 16.6. The van der Waals surface area contributed by atoms with E-state index in [0.717, 1.165) is 12.8 Å². The van der Waals surface area contributed by atoms with E-state index in [0.29, 0.717) is 18.5 Å². The van der Waals surface area contributed by atoms with Crippen molar-refractivity contribution in [3.8, 4) is 0 Å². The van der Waals surface area contributed by atoms with Gasteiger partial charge in [0.1, 0.15) is 6.61 Å². The van der Waals surface area contributed by atoms with Gasteiger partial charge in [-0.3, -0.25) is 0 Å². The summed E-state index contributed by atoms with van der Waals surface area (Å²) in [5, 5.41) is 3.00. The topological polar surface area (TPSA) is 41.6 Å². The number of alkyl halides is 3. The van der Waals surface area contributed by atoms with Crippen molar-refractivity contribution < 1.29 is 22.7 Å². The molecule has 0 radical (unpaired) electrons. The number of ether oxygens (including phenoxy) is 1. The van der Waals surface area contributed by atoms with Crippen LogP contribution in [0.2, 0.25) is 0 Å². The lowest BCUT2D eigenvalue weighted by molar-refractivity contribution is -0.232. The average molecular weight is 316 g/mol. The summed E-state index contributed by atoms with van der Waals surface area (Å²) in [5.41, 5.74) is 0.647. The molecule has 0 saturated carbocycles. The van der Waals surface area contributed by atoms with E-state index in [4.69, 9.17) is 4.74 Å². The molecular weight excluding hydrogens is 297 g/mol. The number of hydrogen-bond acceptors (Lipinski definition) is 3. The molecule has 0 unspecified atom stereocenters. The lowest BCUT2D eigenvalue weighted by atomic mass is 10.0. The summed E-state index contributed by atoms with van der Waals surface area (Å²) >= 11 is 0. The number of nitrogens with one attached hydrogen (secondary N) is 1. The van der Waals surface area contributed by atoms with Gasteiger partial charge in [-0.15, -0.1) is 13.2 Å². The maximum atomic E-state index is 13.0. The Bertz CT molecular complexity index is 473. The van der Waals surface area contributed by atoms with E-state index in [1.54, 1.807) is 30.3 Å². The molecule has 7 heteroatoms. The quantitative estimate of drug-likeness (QED) is 0.867. The third kappa shape index (κ3) is 4.91. The Labute approximate surface area is 127 Å². The van der Waals surface area contributed by atoms with Gasteiger partial charge in [-0.2, -0.15) is 0 Å². The van der Waals surface area contributed by atoms with E-state index in [1.807, 2.05) is 0 Å². The van der Waals surface area contributed by atoms with Gasteiger partial charge in [0.05, 0.1) is 0 Å². The van der Waals surface area contributed by atoms with Crippen molar-refractivity contribution in [2.24, 2.45) is 0 Å². The molecule has 1 saturated heterocycles. The van der Waals surface area contributed by atoms with Crippen LogP contribution in [0.5, 0.6) is 0 Å². The van der Waals surface area contributed by atoms with E-state index in [-0.39, 0.29) is 17.5 Å². The molecule has 0 aromatic heterocycles. The van der Waals surface area contributed by atoms with Gasteiger partial charge >= 0.3 is 12.4 Å². The van der Waals surface area contributed by atoms with Crippen LogP contribution in [0.3, 0.4) is 0 Å². The van der Waals surface area contributed by atoms with Gasteiger partial charge < -0.3 is 10.1 Å². The Hall–Kier alpha value is -1.76. The highest BCUT2D eigenvalue weighted by Gasteiger charge is 2.43. The van der Waals surface area contributed by atoms with E-state index >= 15 is 0 Å². The average Bonchev–Trinajstić information content (AvgIpc) is 2.51. The second kappa shape index (κ2) is 7.49. The molecule has 1 aliphatic heterocycles. The Morgan fingerprint density at radius 2 is 2.00 bits per heavy atom. The van der Waals surface area contributed by atoms with Crippen LogP contribution in [0.25, 0.3) is 0 Å². The maximum Gasteiger partial charge on any atom is 0.489 e. The van der Waals surface area contributed by atoms with Crippen molar-refractivity contribution in [3.63, 3.8) is 0 Å². The summed E-state index contributed by atoms with van der Waals surface area (Å²) in [7, 11) is 0. The fraction of sp³-hybridized carbons (Fsp3) is 0.533. The zero-order valence-electron chi connectivity index (χ0n) is 12.1. The standard InChI is InChI=1S/C15H19F3N2O2/c16-15(17,18)20(10-13-8-4-5-9-19-13)14(21)22-11-12-6-2-1-3-7-12/h1-3,6-7,13,19H,4-5,8-11H2/t13-/m1/s1. The monoisotopic (exact) mass is 316 g/mol. The number of carbonyl (C=O) groups is 1. The normalized spacial score (nSPS) is 18.8. The molecule has 1 atom stereocenters. The highest BCUT2D eigenvalue weighted by Crippen LogP contribution is 2.24. The lowest BCUT2D eigenvalue weighted by Crippen LogP contribution is -2.51. The van der Waals surface area contributed by atoms with Crippen LogP contribution in [0.4, 0.5) is 18.0 Å². The zero-order valence-corrected chi connectivity index (χ0v) is 12.1. The Kier molecular flexibility index (Phi) is 5.65. The van der Waals surface area contributed by atoms with Gasteiger partial charge in [0, 0.05) is 12.6 Å². The van der Waals surface area contributed by atoms with Crippen molar-refractivity contribution in [2.45, 2.75) is 38.2 Å². The van der Waals surface area contributed by atoms with Crippen LogP contribution < -0.4 is 5.32 Å². The van der Waals surface area contributed by atoms with E-state index in [1.165, 1.54) is 0 Å². The van der Waals surface area contributed by atoms with E-state index < -0.39 is 18.9 Å². The molecule has 1 aromatic carbocycles. The van der Waals surface area contributed by atoms with Gasteiger partial charge in [-0.1, -0.05) is 36.8 Å². The lowest BCUT2D eigenvalue weighted by Gasteiger charge is -2.31. The summed E-state index contributed by atoms with van der Waals surface area (Å²) in [6.45, 7) is 0.0803. The molecule has 1 N–H and O–H groups in total. The Balaban J connectivity index is 1.94. The largest absolute Gasteiger partial charge is 0.489 e. The number of benzene rings is 1. The highest BCUT2D eigenvalue weighted by molar-refractivity contribution is 5.68. The predicted octanol–water partition coefficient (Wildman–Crippen LogP) is 3.29. The summed E-state index contributed by atoms with van der Waals surface area (Å²) in [4.78, 5) is 11.6. The SMILES string of the molecule is O=C(OCc1ccccc1)N(C[C@H]1CCCCN1)C(F)(F)F. The summed E-state index contributed by atoms with van der Waals surface area (Å²) in [6, 6.07) is 8.27. The number of nitrogens with zero attached hydrogens (tertiary/aromatic N) is 1. The van der Waals surface area contributed by atoms with Crippen molar-refractivity contribution in [3.05, 3.63) is 35.9 Å². The molecule has 1 amide bonds. The highest BCUT2D eigenvalue weighted by atomic mass is 19.4. The van der Waals surface area contributed by atoms with Crippen molar-refractivity contribution in [1.29, 1.82) is 0 Å². The van der Waals surface area contributed by atoms with Gasteiger partial charge in [0.2, 0.25) is 0 Å². The molecule has 1 aliphatic rings. The molecule has 1 heterocycles.